The molecule has 0 saturated carbocycles. The average Bonchev–Trinajstić information content (AvgIpc) is 2.95. The van der Waals surface area contributed by atoms with Gasteiger partial charge in [-0.05, 0) is 13.8 Å². The third-order valence-corrected chi connectivity index (χ3v) is 4.46. The van der Waals surface area contributed by atoms with Crippen molar-refractivity contribution in [1.82, 2.24) is 20.1 Å². The number of rotatable bonds is 7. The van der Waals surface area contributed by atoms with Gasteiger partial charge in [-0.25, -0.2) is 0 Å². The summed E-state index contributed by atoms with van der Waals surface area (Å²) in [5.41, 5.74) is 0. The SMILES string of the molecule is C=CCNC(=O)C(C)Sc1nnc(N2CCOCC2)n1CC. The van der Waals surface area contributed by atoms with Crippen LogP contribution < -0.4 is 10.2 Å². The zero-order chi connectivity index (χ0) is 15.9. The molecular formula is C14H23N5O2S. The number of thioether (sulfide) groups is 1. The molecule has 1 saturated heterocycles. The molecule has 0 radical (unpaired) electrons. The summed E-state index contributed by atoms with van der Waals surface area (Å²) in [4.78, 5) is 14.1. The van der Waals surface area contributed by atoms with E-state index < -0.39 is 0 Å². The normalized spacial score (nSPS) is 16.4. The number of nitrogens with one attached hydrogen (secondary N) is 1. The van der Waals surface area contributed by atoms with Crippen LogP contribution in [0.15, 0.2) is 17.8 Å². The van der Waals surface area contributed by atoms with E-state index in [0.717, 1.165) is 30.7 Å². The molecule has 1 atom stereocenters. The van der Waals surface area contributed by atoms with E-state index in [1.807, 2.05) is 11.5 Å². The summed E-state index contributed by atoms with van der Waals surface area (Å²) < 4.78 is 7.42. The molecule has 2 rings (SSSR count). The van der Waals surface area contributed by atoms with Crippen LogP contribution in [0.1, 0.15) is 13.8 Å². The predicted octanol–water partition coefficient (Wildman–Crippen LogP) is 0.917. The van der Waals surface area contributed by atoms with Crippen LogP contribution in [0.3, 0.4) is 0 Å². The second-order valence-corrected chi connectivity index (χ2v) is 6.23. The first-order chi connectivity index (χ1) is 10.7. The topological polar surface area (TPSA) is 72.3 Å². The summed E-state index contributed by atoms with van der Waals surface area (Å²) >= 11 is 1.42. The van der Waals surface area contributed by atoms with Crippen LogP contribution in [0, 0.1) is 0 Å². The Labute approximate surface area is 135 Å². The molecule has 0 aromatic carbocycles. The quantitative estimate of drug-likeness (QED) is 0.594. The van der Waals surface area contributed by atoms with Crippen molar-refractivity contribution in [3.63, 3.8) is 0 Å². The van der Waals surface area contributed by atoms with Crippen LogP contribution >= 0.6 is 11.8 Å². The molecule has 1 aromatic heterocycles. The third kappa shape index (κ3) is 4.01. The van der Waals surface area contributed by atoms with Gasteiger partial charge in [0.2, 0.25) is 11.9 Å². The number of carbonyl (C=O) groups excluding carboxylic acids is 1. The van der Waals surface area contributed by atoms with Gasteiger partial charge >= 0.3 is 0 Å². The third-order valence-electron chi connectivity index (χ3n) is 3.38. The molecular weight excluding hydrogens is 302 g/mol. The summed E-state index contributed by atoms with van der Waals surface area (Å²) in [6.07, 6.45) is 1.67. The first-order valence-corrected chi connectivity index (χ1v) is 8.36. The largest absolute Gasteiger partial charge is 0.378 e. The van der Waals surface area contributed by atoms with Crippen molar-refractivity contribution in [2.45, 2.75) is 30.8 Å². The predicted molar refractivity (Wildman–Crippen MR) is 87.3 cm³/mol. The molecule has 8 heteroatoms. The minimum absolute atomic E-state index is 0.0246. The van der Waals surface area contributed by atoms with Crippen molar-refractivity contribution in [3.8, 4) is 0 Å². The van der Waals surface area contributed by atoms with Crippen LogP contribution in [0.5, 0.6) is 0 Å². The molecule has 1 unspecified atom stereocenters. The summed E-state index contributed by atoms with van der Waals surface area (Å²) in [6.45, 7) is 11.8. The molecule has 7 nitrogen and oxygen atoms in total. The Morgan fingerprint density at radius 1 is 1.50 bits per heavy atom. The number of hydrogen-bond acceptors (Lipinski definition) is 6. The van der Waals surface area contributed by atoms with E-state index in [4.69, 9.17) is 4.74 Å². The van der Waals surface area contributed by atoms with Crippen LogP contribution in [0.2, 0.25) is 0 Å². The first-order valence-electron chi connectivity index (χ1n) is 7.48. The highest BCUT2D eigenvalue weighted by Gasteiger charge is 2.22. The standard InChI is InChI=1S/C14H23N5O2S/c1-4-6-15-12(20)11(3)22-14-17-16-13(19(14)5-2)18-7-9-21-10-8-18/h4,11H,1,5-10H2,2-3H3,(H,15,20). The lowest BCUT2D eigenvalue weighted by Gasteiger charge is -2.27. The van der Waals surface area contributed by atoms with Crippen molar-refractivity contribution < 1.29 is 9.53 Å². The molecule has 1 aromatic rings. The maximum absolute atomic E-state index is 12.0. The molecule has 1 fully saturated rings. The van der Waals surface area contributed by atoms with Gasteiger partial charge < -0.3 is 15.0 Å². The molecule has 1 N–H and O–H groups in total. The lowest BCUT2D eigenvalue weighted by Crippen LogP contribution is -2.38. The smallest absolute Gasteiger partial charge is 0.233 e. The number of morpholine rings is 1. The molecule has 22 heavy (non-hydrogen) atoms. The van der Waals surface area contributed by atoms with E-state index in [1.165, 1.54) is 11.8 Å². The Morgan fingerprint density at radius 2 is 2.23 bits per heavy atom. The highest BCUT2D eigenvalue weighted by atomic mass is 32.2. The van der Waals surface area contributed by atoms with Crippen molar-refractivity contribution in [1.29, 1.82) is 0 Å². The number of aromatic nitrogens is 3. The van der Waals surface area contributed by atoms with Gasteiger partial charge in [-0.1, -0.05) is 17.8 Å². The molecule has 1 amide bonds. The Kier molecular flexibility index (Phi) is 6.26. The monoisotopic (exact) mass is 325 g/mol. The number of anilines is 1. The Hall–Kier alpha value is -1.54. The highest BCUT2D eigenvalue weighted by molar-refractivity contribution is 8.00. The van der Waals surface area contributed by atoms with E-state index in [1.54, 1.807) is 6.08 Å². The molecule has 2 heterocycles. The fourth-order valence-electron chi connectivity index (χ4n) is 2.17. The second-order valence-electron chi connectivity index (χ2n) is 4.92. The molecule has 1 aliphatic rings. The van der Waals surface area contributed by atoms with E-state index in [0.29, 0.717) is 19.8 Å². The summed E-state index contributed by atoms with van der Waals surface area (Å²) in [6, 6.07) is 0. The summed E-state index contributed by atoms with van der Waals surface area (Å²) in [5, 5.41) is 11.9. The maximum Gasteiger partial charge on any atom is 0.233 e. The van der Waals surface area contributed by atoms with Gasteiger partial charge in [-0.3, -0.25) is 9.36 Å². The summed E-state index contributed by atoms with van der Waals surface area (Å²) in [7, 11) is 0. The van der Waals surface area contributed by atoms with Gasteiger partial charge in [0.25, 0.3) is 0 Å². The molecule has 0 bridgehead atoms. The minimum atomic E-state index is -0.230. The van der Waals surface area contributed by atoms with Gasteiger partial charge in [0, 0.05) is 26.2 Å². The number of ether oxygens (including phenoxy) is 1. The number of nitrogens with zero attached hydrogens (tertiary/aromatic N) is 4. The van der Waals surface area contributed by atoms with Crippen LogP contribution in [-0.2, 0) is 16.1 Å². The van der Waals surface area contributed by atoms with E-state index in [9.17, 15) is 4.79 Å². The van der Waals surface area contributed by atoms with Gasteiger partial charge in [-0.2, -0.15) is 0 Å². The van der Waals surface area contributed by atoms with Crippen molar-refractivity contribution in [2.75, 3.05) is 37.7 Å². The van der Waals surface area contributed by atoms with E-state index >= 15 is 0 Å². The Balaban J connectivity index is 2.06. The van der Waals surface area contributed by atoms with Crippen LogP contribution in [0.25, 0.3) is 0 Å². The first kappa shape index (κ1) is 16.8. The highest BCUT2D eigenvalue weighted by Crippen LogP contribution is 2.26. The number of amides is 1. The van der Waals surface area contributed by atoms with Crippen LogP contribution in [0.4, 0.5) is 5.95 Å². The lowest BCUT2D eigenvalue weighted by atomic mass is 10.4. The van der Waals surface area contributed by atoms with Gasteiger partial charge in [0.1, 0.15) is 0 Å². The average molecular weight is 325 g/mol. The zero-order valence-corrected chi connectivity index (χ0v) is 13.9. The minimum Gasteiger partial charge on any atom is -0.378 e. The lowest BCUT2D eigenvalue weighted by molar-refractivity contribution is -0.120. The fourth-order valence-corrected chi connectivity index (χ4v) is 3.10. The van der Waals surface area contributed by atoms with Gasteiger partial charge in [0.15, 0.2) is 5.16 Å². The molecule has 122 valence electrons. The second kappa shape index (κ2) is 8.19. The molecule has 1 aliphatic heterocycles. The van der Waals surface area contributed by atoms with Crippen LogP contribution in [-0.4, -0.2) is 58.8 Å². The molecule has 0 aliphatic carbocycles. The van der Waals surface area contributed by atoms with Gasteiger partial charge in [0.05, 0.1) is 18.5 Å². The number of hydrogen-bond donors (Lipinski definition) is 1. The molecule has 0 spiro atoms. The fraction of sp³-hybridized carbons (Fsp3) is 0.643. The van der Waals surface area contributed by atoms with Crippen molar-refractivity contribution in [3.05, 3.63) is 12.7 Å². The maximum atomic E-state index is 12.0. The summed E-state index contributed by atoms with van der Waals surface area (Å²) in [5.74, 6) is 0.829. The van der Waals surface area contributed by atoms with Gasteiger partial charge in [-0.15, -0.1) is 16.8 Å². The Bertz CT molecular complexity index is 513. The Morgan fingerprint density at radius 3 is 2.86 bits per heavy atom. The number of carbonyl (C=O) groups is 1. The van der Waals surface area contributed by atoms with E-state index in [-0.39, 0.29) is 11.2 Å². The van der Waals surface area contributed by atoms with Crippen molar-refractivity contribution in [2.24, 2.45) is 0 Å². The zero-order valence-electron chi connectivity index (χ0n) is 13.1. The van der Waals surface area contributed by atoms with Crippen molar-refractivity contribution >= 4 is 23.6 Å². The van der Waals surface area contributed by atoms with E-state index in [2.05, 4.69) is 33.9 Å².